The van der Waals surface area contributed by atoms with E-state index in [0.717, 1.165) is 59.6 Å². The molecular weight excluding hydrogens is 925 g/mol. The number of imidazole rings is 1. The van der Waals surface area contributed by atoms with E-state index in [2.05, 4.69) is 256 Å². The molecule has 0 N–H and O–H groups in total. The Morgan fingerprint density at radius 3 is 1.16 bits per heavy atom. The summed E-state index contributed by atoms with van der Waals surface area (Å²) in [5.74, 6) is 0. The van der Waals surface area contributed by atoms with Gasteiger partial charge in [0.2, 0.25) is 0 Å². The predicted octanol–water partition coefficient (Wildman–Crippen LogP) is 9.68. The fraction of sp³-hybridized carbons (Fsp3) is 0. The van der Waals surface area contributed by atoms with Crippen molar-refractivity contribution in [3.63, 3.8) is 0 Å². The molecule has 8 heteroatoms. The second-order valence-electron chi connectivity index (χ2n) is 15.7. The first-order valence-electron chi connectivity index (χ1n) is 20.9. The van der Waals surface area contributed by atoms with Crippen LogP contribution in [-0.4, -0.2) is 24.5 Å². The number of nitrogens with zero attached hydrogens (tertiary/aromatic N) is 2. The SMILES string of the molecule is S=P(c1ccccc1)(c1ccccc1)c1ccc2c(c1)c1ccc(P(=S)(c3ccccc3)c3ccccc3)cc1n1c3ccc(P(=[Se])(c4ccccc4)c4ccccc4)cc3nc21. The van der Waals surface area contributed by atoms with Crippen LogP contribution in [0, 0.1) is 0 Å². The number of pyridine rings is 1. The van der Waals surface area contributed by atoms with Crippen LogP contribution < -0.4 is 47.7 Å². The van der Waals surface area contributed by atoms with Gasteiger partial charge in [0.05, 0.1) is 0 Å². The van der Waals surface area contributed by atoms with Gasteiger partial charge >= 0.3 is 291 Å². The summed E-state index contributed by atoms with van der Waals surface area (Å²) in [6.45, 7) is 0. The van der Waals surface area contributed by atoms with Crippen molar-refractivity contribution in [2.75, 3.05) is 0 Å². The summed E-state index contributed by atoms with van der Waals surface area (Å²) in [6.07, 6.45) is 0. The fourth-order valence-corrected chi connectivity index (χ4v) is 21.5. The van der Waals surface area contributed by atoms with Crippen LogP contribution in [0.2, 0.25) is 0 Å². The molecule has 0 aliphatic carbocycles. The van der Waals surface area contributed by atoms with E-state index in [0.29, 0.717) is 0 Å². The van der Waals surface area contributed by atoms with E-state index in [1.165, 1.54) is 26.5 Å². The van der Waals surface area contributed by atoms with Gasteiger partial charge in [0.1, 0.15) is 0 Å². The Bertz CT molecular complexity index is 3510. The third-order valence-electron chi connectivity index (χ3n) is 12.2. The average molecular weight is 964 g/mol. The van der Waals surface area contributed by atoms with Gasteiger partial charge in [0.25, 0.3) is 0 Å². The van der Waals surface area contributed by atoms with Gasteiger partial charge in [-0.3, -0.25) is 0 Å². The molecule has 0 saturated carbocycles. The molecule has 0 aliphatic heterocycles. The first-order valence-corrected chi connectivity index (χ1v) is 30.5. The van der Waals surface area contributed by atoms with Gasteiger partial charge in [-0.1, -0.05) is 97.1 Å². The van der Waals surface area contributed by atoms with Crippen molar-refractivity contribution >= 4 is 142 Å². The van der Waals surface area contributed by atoms with Crippen molar-refractivity contribution in [1.82, 2.24) is 9.38 Å². The Morgan fingerprint density at radius 1 is 0.333 bits per heavy atom. The molecule has 11 aromatic rings. The van der Waals surface area contributed by atoms with Gasteiger partial charge in [0, 0.05) is 0 Å². The monoisotopic (exact) mass is 964 g/mol. The second-order valence-corrected chi connectivity index (χ2v) is 30.8. The molecule has 0 aliphatic rings. The van der Waals surface area contributed by atoms with Gasteiger partial charge < -0.3 is 0 Å². The van der Waals surface area contributed by atoms with Crippen molar-refractivity contribution in [1.29, 1.82) is 0 Å². The number of hydrogen-bond donors (Lipinski definition) is 0. The van der Waals surface area contributed by atoms with Crippen LogP contribution in [-0.2, 0) is 23.6 Å². The molecule has 11 rings (SSSR count). The zero-order valence-electron chi connectivity index (χ0n) is 34.0. The molecule has 0 saturated heterocycles. The molecule has 0 atom stereocenters. The first-order chi connectivity index (χ1) is 30.9. The topological polar surface area (TPSA) is 17.3 Å². The Kier molecular flexibility index (Phi) is 10.5. The summed E-state index contributed by atoms with van der Waals surface area (Å²) in [5, 5.41) is 14.1. The van der Waals surface area contributed by atoms with Gasteiger partial charge in [-0.2, -0.15) is 0 Å². The summed E-state index contributed by atoms with van der Waals surface area (Å²) < 4.78 is 2.38. The minimum absolute atomic E-state index is 0.914. The van der Waals surface area contributed by atoms with Crippen LogP contribution in [0.4, 0.5) is 0 Å². The predicted molar refractivity (Wildman–Crippen MR) is 284 cm³/mol. The molecule has 2 heterocycles. The maximum absolute atomic E-state index is 6.96. The third kappa shape index (κ3) is 6.65. The molecule has 0 amide bonds. The molecule has 2 nitrogen and oxygen atoms in total. The van der Waals surface area contributed by atoms with Gasteiger partial charge in [-0.25, -0.2) is 0 Å². The molecule has 0 bridgehead atoms. The molecule has 0 fully saturated rings. The minimum atomic E-state index is -2.49. The van der Waals surface area contributed by atoms with Crippen molar-refractivity contribution in [3.05, 3.63) is 237 Å². The summed E-state index contributed by atoms with van der Waals surface area (Å²) in [6, 6.07) is 80.3. The van der Waals surface area contributed by atoms with Crippen LogP contribution in [0.25, 0.3) is 38.4 Å². The molecule has 9 aromatic carbocycles. The van der Waals surface area contributed by atoms with E-state index in [-0.39, 0.29) is 0 Å². The van der Waals surface area contributed by atoms with Crippen LogP contribution in [0.5, 0.6) is 0 Å². The first kappa shape index (κ1) is 40.5. The van der Waals surface area contributed by atoms with E-state index in [1.54, 1.807) is 0 Å². The third-order valence-corrected chi connectivity index (χ3v) is 29.1. The molecule has 2 aromatic heterocycles. The zero-order chi connectivity index (χ0) is 42.6. The van der Waals surface area contributed by atoms with Crippen LogP contribution >= 0.6 is 17.6 Å². The number of aromatic nitrogens is 2. The fourth-order valence-electron chi connectivity index (χ4n) is 9.13. The number of fused-ring (bicyclic) bond motifs is 8. The van der Waals surface area contributed by atoms with Gasteiger partial charge in [0.15, 0.2) is 0 Å². The molecule has 0 radical (unpaired) electrons. The average Bonchev–Trinajstić information content (AvgIpc) is 3.76. The number of rotatable bonds is 9. The van der Waals surface area contributed by atoms with E-state index in [1.807, 2.05) is 0 Å². The molecule has 63 heavy (non-hydrogen) atoms. The van der Waals surface area contributed by atoms with Crippen molar-refractivity contribution in [2.45, 2.75) is 0 Å². The number of benzene rings is 9. The number of hydrogen-bond acceptors (Lipinski definition) is 3. The summed E-state index contributed by atoms with van der Waals surface area (Å²) >= 11 is 17.6. The molecule has 0 unspecified atom stereocenters. The van der Waals surface area contributed by atoms with E-state index in [4.69, 9.17) is 28.6 Å². The van der Waals surface area contributed by atoms with E-state index in [9.17, 15) is 0 Å². The molecular formula is C55H39N2P3S2Se. The Morgan fingerprint density at radius 2 is 0.714 bits per heavy atom. The van der Waals surface area contributed by atoms with E-state index >= 15 is 0 Å². The Balaban J connectivity index is 1.23. The molecule has 0 spiro atoms. The van der Waals surface area contributed by atoms with E-state index < -0.39 is 17.6 Å². The standard InChI is InChI=1S/C55H39N2P3S2Se/c61-58(40-19-7-1-8-20-40,41-21-9-2-10-22-41)46-32-35-50-51(37-46)49-34-31-47(59(62,42-23-11-3-12-24-42)43-25-13-4-14-26-43)39-54(49)57-53-36-33-48(38-52(53)56-55(50)57)60(63,44-27-15-5-16-28-44)45-29-17-6-18-30-45/h1-39H. The quantitative estimate of drug-likeness (QED) is 0.0816. The summed E-state index contributed by atoms with van der Waals surface area (Å²) in [5.41, 5.74) is 1.85. The van der Waals surface area contributed by atoms with Crippen LogP contribution in [0.15, 0.2) is 237 Å². The van der Waals surface area contributed by atoms with Gasteiger partial charge in [-0.15, -0.1) is 0 Å². The zero-order valence-corrected chi connectivity index (χ0v) is 40.0. The Labute approximate surface area is 385 Å². The van der Waals surface area contributed by atoms with Crippen LogP contribution in [0.3, 0.4) is 0 Å². The molecule has 302 valence electrons. The summed E-state index contributed by atoms with van der Waals surface area (Å²) in [7, 11) is 0. The summed E-state index contributed by atoms with van der Waals surface area (Å²) in [4.78, 5) is 5.60. The van der Waals surface area contributed by atoms with Crippen molar-refractivity contribution in [2.24, 2.45) is 0 Å². The maximum atomic E-state index is 6.96. The van der Waals surface area contributed by atoms with Crippen LogP contribution in [0.1, 0.15) is 0 Å². The normalized spacial score (nSPS) is 12.3. The second kappa shape index (κ2) is 16.4. The Hall–Kier alpha value is -5.30. The van der Waals surface area contributed by atoms with Gasteiger partial charge in [-0.05, 0) is 0 Å². The van der Waals surface area contributed by atoms with Crippen molar-refractivity contribution in [3.8, 4) is 0 Å². The van der Waals surface area contributed by atoms with Crippen molar-refractivity contribution < 1.29 is 0 Å².